The Morgan fingerprint density at radius 3 is 2.11 bits per heavy atom. The Kier molecular flexibility index (Phi) is 7.25. The van der Waals surface area contributed by atoms with Gasteiger partial charge in [-0.15, -0.1) is 0 Å². The van der Waals surface area contributed by atoms with Gasteiger partial charge in [-0.3, -0.25) is 4.79 Å². The standard InChI is InChI=1S/C30H30F3N2O3/c31-30(32,33)24-13-11-23(12-14-24)28(34-25-9-5-2-6-10-25)29(37)38-27-20-35(17-15-22(27)16-18-35)19-26(36)21-7-3-1-4-8-21/h1-14,22,27-28,34H,15-20H2/q+1/t22?,27-,28?,35?/m0/s1. The van der Waals surface area contributed by atoms with Gasteiger partial charge >= 0.3 is 12.1 Å². The molecule has 6 rings (SSSR count). The predicted molar refractivity (Wildman–Crippen MR) is 137 cm³/mol. The summed E-state index contributed by atoms with van der Waals surface area (Å²) in [4.78, 5) is 26.5. The highest BCUT2D eigenvalue weighted by Crippen LogP contribution is 2.37. The zero-order valence-electron chi connectivity index (χ0n) is 20.9. The van der Waals surface area contributed by atoms with Crippen LogP contribution in [-0.4, -0.2) is 48.5 Å². The molecule has 0 aromatic heterocycles. The maximum Gasteiger partial charge on any atom is 0.416 e. The summed E-state index contributed by atoms with van der Waals surface area (Å²) in [6.07, 6.45) is -3.11. The molecule has 8 heteroatoms. The molecular weight excluding hydrogens is 493 g/mol. The van der Waals surface area contributed by atoms with Crippen LogP contribution in [0.3, 0.4) is 0 Å². The van der Waals surface area contributed by atoms with Gasteiger partial charge in [0, 0.05) is 30.0 Å². The van der Waals surface area contributed by atoms with E-state index in [0.717, 1.165) is 38.1 Å². The summed E-state index contributed by atoms with van der Waals surface area (Å²) in [6.45, 7) is 2.64. The van der Waals surface area contributed by atoms with Crippen LogP contribution in [-0.2, 0) is 15.7 Å². The summed E-state index contributed by atoms with van der Waals surface area (Å²) < 4.78 is 46.0. The molecule has 3 aliphatic heterocycles. The number of hydrogen-bond acceptors (Lipinski definition) is 4. The number of carbonyl (C=O) groups is 2. The third-order valence-electron chi connectivity index (χ3n) is 7.78. The second-order valence-corrected chi connectivity index (χ2v) is 10.3. The van der Waals surface area contributed by atoms with E-state index in [-0.39, 0.29) is 17.8 Å². The van der Waals surface area contributed by atoms with Gasteiger partial charge in [0.05, 0.1) is 18.7 Å². The topological polar surface area (TPSA) is 55.4 Å². The van der Waals surface area contributed by atoms with Crippen LogP contribution in [0.1, 0.15) is 40.4 Å². The van der Waals surface area contributed by atoms with Crippen molar-refractivity contribution in [3.05, 3.63) is 102 Å². The lowest BCUT2D eigenvalue weighted by Gasteiger charge is -2.51. The first kappa shape index (κ1) is 26.0. The van der Waals surface area contributed by atoms with Crippen LogP contribution in [0.5, 0.6) is 0 Å². The molecule has 3 saturated heterocycles. The van der Waals surface area contributed by atoms with Gasteiger partial charge in [0.15, 0.2) is 12.1 Å². The minimum absolute atomic E-state index is 0.0735. The molecule has 3 aromatic carbocycles. The fraction of sp³-hybridized carbons (Fsp3) is 0.333. The lowest BCUT2D eigenvalue weighted by atomic mass is 9.82. The van der Waals surface area contributed by atoms with Gasteiger partial charge in [0.2, 0.25) is 5.78 Å². The lowest BCUT2D eigenvalue weighted by Crippen LogP contribution is -2.65. The van der Waals surface area contributed by atoms with Crippen molar-refractivity contribution >= 4 is 17.4 Å². The number of nitrogens with zero attached hydrogens (tertiary/aromatic N) is 1. The molecule has 3 aliphatic rings. The largest absolute Gasteiger partial charge is 0.454 e. The molecule has 3 aromatic rings. The average molecular weight is 524 g/mol. The van der Waals surface area contributed by atoms with Crippen LogP contribution >= 0.6 is 0 Å². The predicted octanol–water partition coefficient (Wildman–Crippen LogP) is 5.89. The van der Waals surface area contributed by atoms with Gasteiger partial charge in [0.1, 0.15) is 13.1 Å². The highest BCUT2D eigenvalue weighted by atomic mass is 19.4. The summed E-state index contributed by atoms with van der Waals surface area (Å²) in [7, 11) is 0. The quantitative estimate of drug-likeness (QED) is 0.227. The molecule has 38 heavy (non-hydrogen) atoms. The number of fused-ring (bicyclic) bond motifs is 3. The molecule has 3 fully saturated rings. The monoisotopic (exact) mass is 523 g/mol. The number of nitrogens with one attached hydrogen (secondary N) is 1. The molecule has 198 valence electrons. The van der Waals surface area contributed by atoms with Gasteiger partial charge in [-0.25, -0.2) is 4.79 Å². The number of anilines is 1. The Morgan fingerprint density at radius 1 is 0.895 bits per heavy atom. The van der Waals surface area contributed by atoms with Crippen LogP contribution in [0.15, 0.2) is 84.9 Å². The maximum absolute atomic E-state index is 13.5. The third kappa shape index (κ3) is 5.75. The average Bonchev–Trinajstić information content (AvgIpc) is 2.93. The first-order chi connectivity index (χ1) is 18.2. The van der Waals surface area contributed by atoms with E-state index in [1.165, 1.54) is 12.1 Å². The minimum atomic E-state index is -4.47. The van der Waals surface area contributed by atoms with Crippen molar-refractivity contribution in [2.45, 2.75) is 31.2 Å². The van der Waals surface area contributed by atoms with E-state index < -0.39 is 23.8 Å². The van der Waals surface area contributed by atoms with Crippen LogP contribution < -0.4 is 5.32 Å². The molecule has 0 aliphatic carbocycles. The minimum Gasteiger partial charge on any atom is -0.454 e. The number of hydrogen-bond donors (Lipinski definition) is 1. The first-order valence-electron chi connectivity index (χ1n) is 12.9. The molecule has 0 saturated carbocycles. The summed E-state index contributed by atoms with van der Waals surface area (Å²) >= 11 is 0. The molecule has 2 bridgehead atoms. The second-order valence-electron chi connectivity index (χ2n) is 10.3. The summed E-state index contributed by atoms with van der Waals surface area (Å²) in [5, 5.41) is 3.14. The number of rotatable bonds is 8. The smallest absolute Gasteiger partial charge is 0.416 e. The van der Waals surface area contributed by atoms with E-state index >= 15 is 0 Å². The van der Waals surface area contributed by atoms with Crippen molar-refractivity contribution in [2.75, 3.05) is 31.5 Å². The van der Waals surface area contributed by atoms with Crippen LogP contribution in [0.2, 0.25) is 0 Å². The van der Waals surface area contributed by atoms with Crippen LogP contribution in [0, 0.1) is 5.92 Å². The molecule has 2 atom stereocenters. The van der Waals surface area contributed by atoms with Crippen LogP contribution in [0.25, 0.3) is 0 Å². The van der Waals surface area contributed by atoms with Gasteiger partial charge < -0.3 is 14.5 Å². The summed E-state index contributed by atoms with van der Waals surface area (Å²) in [5.74, 6) is -0.264. The molecular formula is C30H30F3N2O3+. The Morgan fingerprint density at radius 2 is 1.50 bits per heavy atom. The van der Waals surface area contributed by atoms with Gasteiger partial charge in [-0.2, -0.15) is 13.2 Å². The number of para-hydroxylation sites is 1. The van der Waals surface area contributed by atoms with E-state index in [0.29, 0.717) is 34.4 Å². The number of ketones is 1. The number of ether oxygens (including phenoxy) is 1. The summed E-state index contributed by atoms with van der Waals surface area (Å²) in [5.41, 5.74) is 0.937. The highest BCUT2D eigenvalue weighted by molar-refractivity contribution is 5.97. The van der Waals surface area contributed by atoms with Crippen molar-refractivity contribution in [1.29, 1.82) is 0 Å². The Hall–Kier alpha value is -3.65. The van der Waals surface area contributed by atoms with E-state index in [4.69, 9.17) is 4.74 Å². The molecule has 3 heterocycles. The molecule has 1 unspecified atom stereocenters. The van der Waals surface area contributed by atoms with Crippen molar-refractivity contribution in [3.63, 3.8) is 0 Å². The van der Waals surface area contributed by atoms with Crippen LogP contribution in [0.4, 0.5) is 18.9 Å². The Balaban J connectivity index is 1.33. The third-order valence-corrected chi connectivity index (χ3v) is 7.78. The van der Waals surface area contributed by atoms with Gasteiger partial charge in [-0.1, -0.05) is 60.7 Å². The van der Waals surface area contributed by atoms with E-state index in [2.05, 4.69) is 5.32 Å². The molecule has 0 amide bonds. The van der Waals surface area contributed by atoms with Gasteiger partial charge in [-0.05, 0) is 29.8 Å². The lowest BCUT2D eigenvalue weighted by molar-refractivity contribution is -0.938. The van der Waals surface area contributed by atoms with Crippen molar-refractivity contribution in [1.82, 2.24) is 0 Å². The van der Waals surface area contributed by atoms with E-state index in [1.54, 1.807) is 12.1 Å². The number of halogens is 3. The SMILES string of the molecule is O=C(C[N+]12CCC(CC1)[C@@H](OC(=O)C(Nc1ccccc1)c1ccc(C(F)(F)F)cc1)C2)c1ccccc1. The first-order valence-corrected chi connectivity index (χ1v) is 12.9. The van der Waals surface area contributed by atoms with Gasteiger partial charge in [0.25, 0.3) is 0 Å². The number of alkyl halides is 3. The molecule has 1 N–H and O–H groups in total. The second kappa shape index (κ2) is 10.6. The zero-order chi connectivity index (χ0) is 26.8. The molecule has 5 nitrogen and oxygen atoms in total. The van der Waals surface area contributed by atoms with Crippen molar-refractivity contribution < 1.29 is 32.0 Å². The highest BCUT2D eigenvalue weighted by Gasteiger charge is 2.49. The van der Waals surface area contributed by atoms with E-state index in [9.17, 15) is 22.8 Å². The number of benzene rings is 3. The number of quaternary nitrogens is 1. The number of Topliss-reactive ketones (excluding diaryl/α,β-unsaturated/α-hetero) is 1. The fourth-order valence-electron chi connectivity index (χ4n) is 5.66. The number of carbonyl (C=O) groups excluding carboxylic acids is 2. The summed E-state index contributed by atoms with van der Waals surface area (Å²) in [6, 6.07) is 21.8. The fourth-order valence-corrected chi connectivity index (χ4v) is 5.66. The molecule has 0 radical (unpaired) electrons. The van der Waals surface area contributed by atoms with Crippen molar-refractivity contribution in [2.24, 2.45) is 5.92 Å². The normalized spacial score (nSPS) is 23.4. The van der Waals surface area contributed by atoms with Crippen molar-refractivity contribution in [3.8, 4) is 0 Å². The Bertz CT molecular complexity index is 1260. The maximum atomic E-state index is 13.5. The number of piperidine rings is 3. The molecule has 0 spiro atoms. The van der Waals surface area contributed by atoms with E-state index in [1.807, 2.05) is 48.5 Å². The number of esters is 1. The Labute approximate surface area is 219 Å². The zero-order valence-corrected chi connectivity index (χ0v) is 20.9.